The van der Waals surface area contributed by atoms with E-state index >= 15 is 0 Å². The van der Waals surface area contributed by atoms with Crippen LogP contribution in [-0.4, -0.2) is 30.1 Å². The maximum absolute atomic E-state index is 4.66. The molecule has 2 heterocycles. The number of aromatic nitrogens is 2. The van der Waals surface area contributed by atoms with Crippen LogP contribution in [0.25, 0.3) is 10.2 Å². The highest BCUT2D eigenvalue weighted by Gasteiger charge is 2.18. The maximum Gasteiger partial charge on any atom is 0.226 e. The Morgan fingerprint density at radius 3 is 2.68 bits per heavy atom. The third-order valence-electron chi connectivity index (χ3n) is 2.71. The van der Waals surface area contributed by atoms with Gasteiger partial charge in [0, 0.05) is 20.1 Å². The molecule has 2 aromatic heterocycles. The molecular weight excluding hydrogens is 256 g/mol. The molecule has 2 aromatic rings. The number of anilines is 2. The predicted molar refractivity (Wildman–Crippen MR) is 84.3 cm³/mol. The van der Waals surface area contributed by atoms with Crippen molar-refractivity contribution in [2.45, 2.75) is 27.7 Å². The van der Waals surface area contributed by atoms with Gasteiger partial charge in [0.25, 0.3) is 0 Å². The Morgan fingerprint density at radius 1 is 1.32 bits per heavy atom. The molecule has 5 heteroatoms. The molecule has 4 nitrogen and oxygen atoms in total. The first-order chi connectivity index (χ1) is 8.90. The van der Waals surface area contributed by atoms with Crippen molar-refractivity contribution in [1.82, 2.24) is 9.97 Å². The molecule has 0 aliphatic heterocycles. The number of nitrogens with one attached hydrogen (secondary N) is 1. The fraction of sp³-hybridized carbons (Fsp3) is 0.571. The van der Waals surface area contributed by atoms with E-state index in [1.54, 1.807) is 11.3 Å². The van der Waals surface area contributed by atoms with E-state index in [2.05, 4.69) is 66.4 Å². The quantitative estimate of drug-likeness (QED) is 0.927. The molecule has 1 N–H and O–H groups in total. The average molecular weight is 278 g/mol. The van der Waals surface area contributed by atoms with Crippen LogP contribution in [0.1, 0.15) is 27.7 Å². The van der Waals surface area contributed by atoms with Crippen LogP contribution in [0, 0.1) is 5.41 Å². The second-order valence-corrected chi connectivity index (χ2v) is 6.85. The van der Waals surface area contributed by atoms with Gasteiger partial charge in [-0.3, -0.25) is 0 Å². The molecule has 0 atom stereocenters. The molecular formula is C14H22N4S. The van der Waals surface area contributed by atoms with Crippen molar-refractivity contribution in [2.75, 3.05) is 30.4 Å². The van der Waals surface area contributed by atoms with Crippen LogP contribution in [0.2, 0.25) is 0 Å². The van der Waals surface area contributed by atoms with E-state index in [0.29, 0.717) is 5.95 Å². The van der Waals surface area contributed by atoms with Gasteiger partial charge in [0.05, 0.1) is 5.39 Å². The Bertz CT molecular complexity index is 556. The van der Waals surface area contributed by atoms with E-state index in [0.717, 1.165) is 29.1 Å². The van der Waals surface area contributed by atoms with Gasteiger partial charge in [0.2, 0.25) is 5.95 Å². The number of hydrogen-bond acceptors (Lipinski definition) is 5. The third-order valence-corrected chi connectivity index (χ3v) is 3.52. The lowest BCUT2D eigenvalue weighted by Crippen LogP contribution is -2.30. The summed E-state index contributed by atoms with van der Waals surface area (Å²) in [6.07, 6.45) is 0. The molecule has 2 rings (SSSR count). The van der Waals surface area contributed by atoms with E-state index in [9.17, 15) is 0 Å². The molecule has 0 aliphatic carbocycles. The van der Waals surface area contributed by atoms with Crippen LogP contribution in [-0.2, 0) is 0 Å². The smallest absolute Gasteiger partial charge is 0.226 e. The van der Waals surface area contributed by atoms with Crippen LogP contribution in [0.3, 0.4) is 0 Å². The van der Waals surface area contributed by atoms with Crippen molar-refractivity contribution in [1.29, 1.82) is 0 Å². The summed E-state index contributed by atoms with van der Waals surface area (Å²) in [6, 6.07) is 2.10. The summed E-state index contributed by atoms with van der Waals surface area (Å²) in [5, 5.41) is 6.42. The van der Waals surface area contributed by atoms with E-state index in [1.165, 1.54) is 0 Å². The standard InChI is InChI=1S/C14H22N4S/c1-6-15-13-16-11(18(5)9-14(2,3)4)10-7-8-19-12(10)17-13/h7-8H,6,9H2,1-5H3,(H,15,16,17). The Hall–Kier alpha value is -1.36. The zero-order valence-corrected chi connectivity index (χ0v) is 13.1. The lowest BCUT2D eigenvalue weighted by molar-refractivity contribution is 0.418. The lowest BCUT2D eigenvalue weighted by Gasteiger charge is -2.28. The Labute approximate surface area is 118 Å². The Kier molecular flexibility index (Phi) is 3.94. The summed E-state index contributed by atoms with van der Waals surface area (Å²) in [5.41, 5.74) is 0.237. The van der Waals surface area contributed by atoms with Crippen molar-refractivity contribution >= 4 is 33.3 Å². The van der Waals surface area contributed by atoms with Crippen LogP contribution in [0.15, 0.2) is 11.4 Å². The molecule has 0 amide bonds. The first kappa shape index (κ1) is 14.1. The predicted octanol–water partition coefficient (Wildman–Crippen LogP) is 3.61. The molecule has 0 spiro atoms. The fourth-order valence-corrected chi connectivity index (χ4v) is 2.91. The van der Waals surface area contributed by atoms with Crippen molar-refractivity contribution in [3.8, 4) is 0 Å². The van der Waals surface area contributed by atoms with E-state index < -0.39 is 0 Å². The Morgan fingerprint density at radius 2 is 2.05 bits per heavy atom. The second-order valence-electron chi connectivity index (χ2n) is 5.96. The number of rotatable bonds is 4. The normalized spacial score (nSPS) is 11.8. The highest BCUT2D eigenvalue weighted by Crippen LogP contribution is 2.30. The number of nitrogens with zero attached hydrogens (tertiary/aromatic N) is 3. The average Bonchev–Trinajstić information content (AvgIpc) is 2.73. The van der Waals surface area contributed by atoms with Gasteiger partial charge in [0.1, 0.15) is 10.6 Å². The minimum atomic E-state index is 0.237. The van der Waals surface area contributed by atoms with Crippen molar-refractivity contribution in [3.63, 3.8) is 0 Å². The Balaban J connectivity index is 2.42. The van der Waals surface area contributed by atoms with Crippen LogP contribution >= 0.6 is 11.3 Å². The van der Waals surface area contributed by atoms with Gasteiger partial charge in [0.15, 0.2) is 0 Å². The molecule has 0 saturated carbocycles. The molecule has 0 saturated heterocycles. The number of hydrogen-bond donors (Lipinski definition) is 1. The zero-order valence-electron chi connectivity index (χ0n) is 12.3. The summed E-state index contributed by atoms with van der Waals surface area (Å²) >= 11 is 1.66. The number of thiophene rings is 1. The van der Waals surface area contributed by atoms with Crippen molar-refractivity contribution in [2.24, 2.45) is 5.41 Å². The molecule has 0 bridgehead atoms. The molecule has 19 heavy (non-hydrogen) atoms. The fourth-order valence-electron chi connectivity index (χ4n) is 2.15. The lowest BCUT2D eigenvalue weighted by atomic mass is 9.96. The second kappa shape index (κ2) is 5.33. The minimum Gasteiger partial charge on any atom is -0.358 e. The topological polar surface area (TPSA) is 41.1 Å². The molecule has 0 unspecified atom stereocenters. The van der Waals surface area contributed by atoms with Crippen LogP contribution in [0.4, 0.5) is 11.8 Å². The van der Waals surface area contributed by atoms with Gasteiger partial charge in [-0.2, -0.15) is 4.98 Å². The van der Waals surface area contributed by atoms with E-state index in [1.807, 2.05) is 0 Å². The summed E-state index contributed by atoms with van der Waals surface area (Å²) in [4.78, 5) is 12.5. The van der Waals surface area contributed by atoms with E-state index in [-0.39, 0.29) is 5.41 Å². The zero-order chi connectivity index (χ0) is 14.0. The molecule has 0 fully saturated rings. The van der Waals surface area contributed by atoms with Crippen molar-refractivity contribution < 1.29 is 0 Å². The summed E-state index contributed by atoms with van der Waals surface area (Å²) < 4.78 is 0. The monoisotopic (exact) mass is 278 g/mol. The van der Waals surface area contributed by atoms with Gasteiger partial charge in [-0.1, -0.05) is 20.8 Å². The van der Waals surface area contributed by atoms with Gasteiger partial charge in [-0.15, -0.1) is 11.3 Å². The van der Waals surface area contributed by atoms with Crippen molar-refractivity contribution in [3.05, 3.63) is 11.4 Å². The van der Waals surface area contributed by atoms with Gasteiger partial charge in [-0.25, -0.2) is 4.98 Å². The molecule has 104 valence electrons. The first-order valence-electron chi connectivity index (χ1n) is 6.61. The molecule has 0 aliphatic rings. The van der Waals surface area contributed by atoms with E-state index in [4.69, 9.17) is 0 Å². The minimum absolute atomic E-state index is 0.237. The third kappa shape index (κ3) is 3.35. The number of fused-ring (bicyclic) bond motifs is 1. The molecule has 0 radical (unpaired) electrons. The largest absolute Gasteiger partial charge is 0.358 e. The van der Waals surface area contributed by atoms with Gasteiger partial charge in [-0.05, 0) is 23.8 Å². The molecule has 0 aromatic carbocycles. The highest BCUT2D eigenvalue weighted by atomic mass is 32.1. The van der Waals surface area contributed by atoms with Crippen LogP contribution < -0.4 is 10.2 Å². The van der Waals surface area contributed by atoms with Gasteiger partial charge < -0.3 is 10.2 Å². The summed E-state index contributed by atoms with van der Waals surface area (Å²) in [6.45, 7) is 10.6. The maximum atomic E-state index is 4.66. The highest BCUT2D eigenvalue weighted by molar-refractivity contribution is 7.16. The SMILES string of the molecule is CCNc1nc(N(C)CC(C)(C)C)c2ccsc2n1. The summed E-state index contributed by atoms with van der Waals surface area (Å²) in [5.74, 6) is 1.73. The van der Waals surface area contributed by atoms with Gasteiger partial charge >= 0.3 is 0 Å². The summed E-state index contributed by atoms with van der Waals surface area (Å²) in [7, 11) is 2.10. The van der Waals surface area contributed by atoms with Crippen LogP contribution in [0.5, 0.6) is 0 Å². The first-order valence-corrected chi connectivity index (χ1v) is 7.49.